The van der Waals surface area contributed by atoms with Crippen LogP contribution < -0.4 is 13.7 Å². The van der Waals surface area contributed by atoms with E-state index in [-0.39, 0.29) is 16.4 Å². The van der Waals surface area contributed by atoms with Gasteiger partial charge in [0, 0.05) is 12.1 Å². The lowest BCUT2D eigenvalue weighted by Crippen LogP contribution is -2.12. The molecule has 0 aliphatic heterocycles. The average molecular weight is 330 g/mol. The molecular formula is C14H12F2O5S. The highest BCUT2D eigenvalue weighted by molar-refractivity contribution is 7.87. The van der Waals surface area contributed by atoms with Crippen molar-refractivity contribution in [1.29, 1.82) is 0 Å². The molecule has 0 atom stereocenters. The number of ether oxygens (including phenoxy) is 2. The first-order valence-corrected chi connectivity index (χ1v) is 7.40. The van der Waals surface area contributed by atoms with Crippen molar-refractivity contribution in [3.63, 3.8) is 0 Å². The minimum Gasteiger partial charge on any atom is -0.497 e. The van der Waals surface area contributed by atoms with Crippen molar-refractivity contribution >= 4 is 10.1 Å². The Morgan fingerprint density at radius 2 is 1.59 bits per heavy atom. The first-order chi connectivity index (χ1) is 10.4. The first kappa shape index (κ1) is 16.0. The van der Waals surface area contributed by atoms with E-state index in [1.807, 2.05) is 0 Å². The molecule has 0 unspecified atom stereocenters. The van der Waals surface area contributed by atoms with Crippen molar-refractivity contribution in [1.82, 2.24) is 0 Å². The molecule has 0 N–H and O–H groups in total. The molecule has 0 spiro atoms. The average Bonchev–Trinajstić information content (AvgIpc) is 2.49. The van der Waals surface area contributed by atoms with Gasteiger partial charge in [-0.1, -0.05) is 0 Å². The van der Waals surface area contributed by atoms with Crippen LogP contribution in [0.15, 0.2) is 41.3 Å². The SMILES string of the molecule is COc1ccc(OC)c(S(=O)(=O)Oc2ccc(F)cc2F)c1. The fraction of sp³-hybridized carbons (Fsp3) is 0.143. The highest BCUT2D eigenvalue weighted by atomic mass is 32.2. The summed E-state index contributed by atoms with van der Waals surface area (Å²) in [6, 6.07) is 6.33. The van der Waals surface area contributed by atoms with E-state index < -0.39 is 27.5 Å². The van der Waals surface area contributed by atoms with E-state index >= 15 is 0 Å². The van der Waals surface area contributed by atoms with Crippen molar-refractivity contribution in [2.45, 2.75) is 4.90 Å². The summed E-state index contributed by atoms with van der Waals surface area (Å²) in [5, 5.41) is 0. The lowest BCUT2D eigenvalue weighted by Gasteiger charge is -2.12. The van der Waals surface area contributed by atoms with Crippen LogP contribution in [0, 0.1) is 11.6 Å². The molecule has 0 saturated carbocycles. The molecule has 2 rings (SSSR count). The van der Waals surface area contributed by atoms with Gasteiger partial charge < -0.3 is 13.7 Å². The molecule has 0 radical (unpaired) electrons. The Bertz CT molecular complexity index is 790. The van der Waals surface area contributed by atoms with Crippen molar-refractivity contribution in [3.8, 4) is 17.2 Å². The summed E-state index contributed by atoms with van der Waals surface area (Å²) in [4.78, 5) is -0.335. The normalized spacial score (nSPS) is 11.1. The molecule has 5 nitrogen and oxygen atoms in total. The van der Waals surface area contributed by atoms with Gasteiger partial charge in [0.15, 0.2) is 16.5 Å². The second kappa shape index (κ2) is 6.18. The third-order valence-electron chi connectivity index (χ3n) is 2.73. The van der Waals surface area contributed by atoms with E-state index in [1.165, 1.54) is 32.4 Å². The van der Waals surface area contributed by atoms with Gasteiger partial charge in [-0.05, 0) is 24.3 Å². The predicted octanol–water partition coefficient (Wildman–Crippen LogP) is 2.75. The maximum absolute atomic E-state index is 13.5. The lowest BCUT2D eigenvalue weighted by molar-refractivity contribution is 0.387. The fourth-order valence-corrected chi connectivity index (χ4v) is 2.80. The number of hydrogen-bond donors (Lipinski definition) is 0. The highest BCUT2D eigenvalue weighted by Crippen LogP contribution is 2.31. The number of rotatable bonds is 5. The molecule has 22 heavy (non-hydrogen) atoms. The van der Waals surface area contributed by atoms with E-state index in [4.69, 9.17) is 13.7 Å². The monoisotopic (exact) mass is 330 g/mol. The topological polar surface area (TPSA) is 61.8 Å². The minimum absolute atomic E-state index is 0.00307. The molecule has 8 heteroatoms. The zero-order valence-corrected chi connectivity index (χ0v) is 12.5. The largest absolute Gasteiger partial charge is 0.497 e. The Hall–Kier alpha value is -2.35. The van der Waals surface area contributed by atoms with Crippen LogP contribution in [0.3, 0.4) is 0 Å². The van der Waals surface area contributed by atoms with Crippen LogP contribution >= 0.6 is 0 Å². The van der Waals surface area contributed by atoms with Gasteiger partial charge in [0.2, 0.25) is 0 Å². The van der Waals surface area contributed by atoms with Gasteiger partial charge in [0.25, 0.3) is 0 Å². The Kier molecular flexibility index (Phi) is 4.51. The third-order valence-corrected chi connectivity index (χ3v) is 3.99. The van der Waals surface area contributed by atoms with Gasteiger partial charge in [-0.15, -0.1) is 0 Å². The minimum atomic E-state index is -4.39. The van der Waals surface area contributed by atoms with E-state index in [0.29, 0.717) is 6.07 Å². The highest BCUT2D eigenvalue weighted by Gasteiger charge is 2.24. The molecule has 0 aromatic heterocycles. The number of methoxy groups -OCH3 is 2. The summed E-state index contributed by atoms with van der Waals surface area (Å²) < 4.78 is 65.5. The van der Waals surface area contributed by atoms with Crippen LogP contribution in [0.1, 0.15) is 0 Å². The molecule has 0 aliphatic rings. The van der Waals surface area contributed by atoms with Crippen LogP contribution in [0.5, 0.6) is 17.2 Å². The molecule has 0 amide bonds. The molecular weight excluding hydrogens is 318 g/mol. The maximum Gasteiger partial charge on any atom is 0.343 e. The third kappa shape index (κ3) is 3.28. The van der Waals surface area contributed by atoms with Gasteiger partial charge in [-0.25, -0.2) is 8.78 Å². The van der Waals surface area contributed by atoms with Crippen LogP contribution in [0.25, 0.3) is 0 Å². The molecule has 0 bridgehead atoms. The number of hydrogen-bond acceptors (Lipinski definition) is 5. The summed E-state index contributed by atoms with van der Waals surface area (Å²) in [5.41, 5.74) is 0. The molecule has 2 aromatic carbocycles. The van der Waals surface area contributed by atoms with E-state index in [0.717, 1.165) is 12.1 Å². The zero-order chi connectivity index (χ0) is 16.3. The van der Waals surface area contributed by atoms with Crippen LogP contribution in [0.4, 0.5) is 8.78 Å². The maximum atomic E-state index is 13.5. The van der Waals surface area contributed by atoms with Crippen molar-refractivity contribution in [3.05, 3.63) is 48.0 Å². The Morgan fingerprint density at radius 3 is 2.18 bits per heavy atom. The van der Waals surface area contributed by atoms with Crippen LogP contribution in [0.2, 0.25) is 0 Å². The molecule has 2 aromatic rings. The van der Waals surface area contributed by atoms with E-state index in [1.54, 1.807) is 0 Å². The summed E-state index contributed by atoms with van der Waals surface area (Å²) in [5.74, 6) is -2.34. The zero-order valence-electron chi connectivity index (χ0n) is 11.7. The number of halogens is 2. The van der Waals surface area contributed by atoms with Gasteiger partial charge >= 0.3 is 10.1 Å². The van der Waals surface area contributed by atoms with Gasteiger partial charge in [-0.2, -0.15) is 8.42 Å². The first-order valence-electron chi connectivity index (χ1n) is 5.99. The summed E-state index contributed by atoms with van der Waals surface area (Å²) in [6.07, 6.45) is 0. The Balaban J connectivity index is 2.46. The predicted molar refractivity (Wildman–Crippen MR) is 73.7 cm³/mol. The quantitative estimate of drug-likeness (QED) is 0.789. The Morgan fingerprint density at radius 1 is 0.909 bits per heavy atom. The van der Waals surface area contributed by atoms with Gasteiger partial charge in [0.1, 0.15) is 17.3 Å². The second-order valence-corrected chi connectivity index (χ2v) is 5.64. The van der Waals surface area contributed by atoms with Crippen molar-refractivity contribution in [2.75, 3.05) is 14.2 Å². The summed E-state index contributed by atoms with van der Waals surface area (Å²) in [7, 11) is -1.75. The van der Waals surface area contributed by atoms with Crippen molar-refractivity contribution in [2.24, 2.45) is 0 Å². The standard InChI is InChI=1S/C14H12F2O5S/c1-19-10-4-6-13(20-2)14(8-10)22(17,18)21-12-5-3-9(15)7-11(12)16/h3-8H,1-2H3. The Labute approximate surface area is 126 Å². The summed E-state index contributed by atoms with van der Waals surface area (Å²) >= 11 is 0. The van der Waals surface area contributed by atoms with Crippen molar-refractivity contribution < 1.29 is 30.9 Å². The smallest absolute Gasteiger partial charge is 0.343 e. The molecule has 0 heterocycles. The van der Waals surface area contributed by atoms with E-state index in [9.17, 15) is 17.2 Å². The molecule has 118 valence electrons. The van der Waals surface area contributed by atoms with Gasteiger partial charge in [0.05, 0.1) is 14.2 Å². The molecule has 0 fully saturated rings. The molecule has 0 saturated heterocycles. The van der Waals surface area contributed by atoms with Crippen LogP contribution in [-0.4, -0.2) is 22.6 Å². The van der Waals surface area contributed by atoms with Crippen LogP contribution in [-0.2, 0) is 10.1 Å². The fourth-order valence-electron chi connectivity index (χ4n) is 1.69. The van der Waals surface area contributed by atoms with Gasteiger partial charge in [-0.3, -0.25) is 0 Å². The second-order valence-electron chi connectivity index (χ2n) is 4.13. The number of benzene rings is 2. The van der Waals surface area contributed by atoms with E-state index in [2.05, 4.69) is 0 Å². The summed E-state index contributed by atoms with van der Waals surface area (Å²) in [6.45, 7) is 0. The molecule has 0 aliphatic carbocycles. The lowest BCUT2D eigenvalue weighted by atomic mass is 10.3.